The summed E-state index contributed by atoms with van der Waals surface area (Å²) in [5.41, 5.74) is 2.62. The maximum atomic E-state index is 13.4. The van der Waals surface area contributed by atoms with Gasteiger partial charge in [-0.1, -0.05) is 28.1 Å². The average molecular weight is 499 g/mol. The fraction of sp³-hybridized carbons (Fsp3) is 0.381. The van der Waals surface area contributed by atoms with Crippen molar-refractivity contribution < 1.29 is 22.7 Å². The smallest absolute Gasteiger partial charge is 0.247 e. The van der Waals surface area contributed by atoms with Gasteiger partial charge in [-0.15, -0.1) is 0 Å². The zero-order chi connectivity index (χ0) is 22.3. The van der Waals surface area contributed by atoms with E-state index >= 15 is 0 Å². The Kier molecular flexibility index (Phi) is 8.84. The first-order valence-corrected chi connectivity index (χ1v) is 11.7. The standard InChI is InChI=1S/C21H27BrN2O5S/c1-5-29-19-10-9-17(22)13-20(19)30(26,27)24(11-12-28-4)14-21(25)23-18-8-6-7-15(2)16(18)3/h6-10,13H,5,11-12,14H2,1-4H3,(H,23,25). The number of methoxy groups -OCH3 is 1. The van der Waals surface area contributed by atoms with Crippen molar-refractivity contribution in [1.82, 2.24) is 4.31 Å². The fourth-order valence-electron chi connectivity index (χ4n) is 2.81. The molecule has 0 aliphatic rings. The van der Waals surface area contributed by atoms with E-state index < -0.39 is 15.9 Å². The van der Waals surface area contributed by atoms with E-state index in [4.69, 9.17) is 9.47 Å². The summed E-state index contributed by atoms with van der Waals surface area (Å²) >= 11 is 3.31. The lowest BCUT2D eigenvalue weighted by Gasteiger charge is -2.23. The number of carbonyl (C=O) groups excluding carboxylic acids is 1. The quantitative estimate of drug-likeness (QED) is 0.539. The Morgan fingerprint density at radius 3 is 2.60 bits per heavy atom. The number of rotatable bonds is 10. The monoisotopic (exact) mass is 498 g/mol. The molecule has 0 radical (unpaired) electrons. The minimum atomic E-state index is -4.02. The molecular weight excluding hydrogens is 472 g/mol. The molecule has 0 spiro atoms. The van der Waals surface area contributed by atoms with Gasteiger partial charge < -0.3 is 14.8 Å². The van der Waals surface area contributed by atoms with E-state index in [1.54, 1.807) is 25.1 Å². The molecule has 1 amide bonds. The number of halogens is 1. The summed E-state index contributed by atoms with van der Waals surface area (Å²) in [4.78, 5) is 12.7. The minimum absolute atomic E-state index is 0.00522. The van der Waals surface area contributed by atoms with Crippen molar-refractivity contribution in [1.29, 1.82) is 0 Å². The van der Waals surface area contributed by atoms with Crippen LogP contribution in [0.15, 0.2) is 45.8 Å². The van der Waals surface area contributed by atoms with Crippen molar-refractivity contribution in [3.63, 3.8) is 0 Å². The molecule has 9 heteroatoms. The van der Waals surface area contributed by atoms with Crippen LogP contribution in [0.4, 0.5) is 5.69 Å². The van der Waals surface area contributed by atoms with Gasteiger partial charge in [-0.05, 0) is 56.2 Å². The number of aryl methyl sites for hydroxylation is 1. The van der Waals surface area contributed by atoms with Crippen LogP contribution >= 0.6 is 15.9 Å². The second kappa shape index (κ2) is 10.9. The first-order valence-electron chi connectivity index (χ1n) is 9.48. The zero-order valence-corrected chi connectivity index (χ0v) is 20.0. The predicted octanol–water partition coefficient (Wildman–Crippen LogP) is 3.74. The minimum Gasteiger partial charge on any atom is -0.492 e. The van der Waals surface area contributed by atoms with Gasteiger partial charge in [-0.3, -0.25) is 4.79 Å². The number of nitrogens with zero attached hydrogens (tertiary/aromatic N) is 1. The van der Waals surface area contributed by atoms with Crippen molar-refractivity contribution in [3.05, 3.63) is 52.0 Å². The summed E-state index contributed by atoms with van der Waals surface area (Å²) < 4.78 is 39.0. The normalized spacial score (nSPS) is 11.5. The summed E-state index contributed by atoms with van der Waals surface area (Å²) in [7, 11) is -2.54. The number of ether oxygens (including phenoxy) is 2. The Bertz CT molecular complexity index is 995. The third-order valence-electron chi connectivity index (χ3n) is 4.57. The van der Waals surface area contributed by atoms with Crippen molar-refractivity contribution in [2.24, 2.45) is 0 Å². The molecule has 0 unspecified atom stereocenters. The Balaban J connectivity index is 2.33. The van der Waals surface area contributed by atoms with Gasteiger partial charge in [0.05, 0.1) is 19.8 Å². The van der Waals surface area contributed by atoms with Crippen molar-refractivity contribution in [2.75, 3.05) is 38.7 Å². The van der Waals surface area contributed by atoms with Crippen LogP contribution < -0.4 is 10.1 Å². The first kappa shape index (κ1) is 24.3. The summed E-state index contributed by atoms with van der Waals surface area (Å²) in [5.74, 6) is -0.200. The van der Waals surface area contributed by atoms with E-state index in [2.05, 4.69) is 21.2 Å². The Morgan fingerprint density at radius 1 is 1.20 bits per heavy atom. The molecule has 0 bridgehead atoms. The lowest BCUT2D eigenvalue weighted by atomic mass is 10.1. The molecule has 0 saturated carbocycles. The Labute approximate surface area is 186 Å². The van der Waals surface area contributed by atoms with Gasteiger partial charge in [0.1, 0.15) is 10.6 Å². The molecule has 1 N–H and O–H groups in total. The summed E-state index contributed by atoms with van der Waals surface area (Å²) in [6.07, 6.45) is 0. The predicted molar refractivity (Wildman–Crippen MR) is 120 cm³/mol. The molecule has 0 atom stereocenters. The van der Waals surface area contributed by atoms with Gasteiger partial charge in [0, 0.05) is 23.8 Å². The summed E-state index contributed by atoms with van der Waals surface area (Å²) in [6, 6.07) is 10.3. The van der Waals surface area contributed by atoms with Crippen LogP contribution in [-0.4, -0.2) is 52.0 Å². The molecular formula is C21H27BrN2O5S. The lowest BCUT2D eigenvalue weighted by molar-refractivity contribution is -0.116. The van der Waals surface area contributed by atoms with Crippen molar-refractivity contribution in [2.45, 2.75) is 25.7 Å². The van der Waals surface area contributed by atoms with Crippen LogP contribution in [-0.2, 0) is 19.6 Å². The van der Waals surface area contributed by atoms with E-state index in [1.165, 1.54) is 13.2 Å². The highest BCUT2D eigenvalue weighted by atomic mass is 79.9. The SMILES string of the molecule is CCOc1ccc(Br)cc1S(=O)(=O)N(CCOC)CC(=O)Nc1cccc(C)c1C. The highest BCUT2D eigenvalue weighted by molar-refractivity contribution is 9.10. The number of nitrogens with one attached hydrogen (secondary N) is 1. The van der Waals surface area contributed by atoms with E-state index in [0.29, 0.717) is 16.8 Å². The number of carbonyl (C=O) groups is 1. The second-order valence-corrected chi connectivity index (χ2v) is 9.47. The number of anilines is 1. The fourth-order valence-corrected chi connectivity index (χ4v) is 4.86. The molecule has 164 valence electrons. The van der Waals surface area contributed by atoms with Gasteiger partial charge >= 0.3 is 0 Å². The zero-order valence-electron chi connectivity index (χ0n) is 17.6. The molecule has 0 aliphatic carbocycles. The number of hydrogen-bond acceptors (Lipinski definition) is 5. The first-order chi connectivity index (χ1) is 14.2. The van der Waals surface area contributed by atoms with E-state index in [1.807, 2.05) is 26.0 Å². The third kappa shape index (κ3) is 6.04. The molecule has 2 aromatic rings. The molecule has 2 aromatic carbocycles. The van der Waals surface area contributed by atoms with Crippen LogP contribution in [0.25, 0.3) is 0 Å². The summed E-state index contributed by atoms with van der Waals surface area (Å²) in [5, 5.41) is 2.81. The van der Waals surface area contributed by atoms with Crippen LogP contribution in [0.3, 0.4) is 0 Å². The van der Waals surface area contributed by atoms with Gasteiger partial charge in [0.2, 0.25) is 15.9 Å². The summed E-state index contributed by atoms with van der Waals surface area (Å²) in [6.45, 7) is 5.76. The highest BCUT2D eigenvalue weighted by Gasteiger charge is 2.30. The van der Waals surface area contributed by atoms with E-state index in [-0.39, 0.29) is 30.3 Å². The molecule has 7 nitrogen and oxygen atoms in total. The highest BCUT2D eigenvalue weighted by Crippen LogP contribution is 2.30. The number of hydrogen-bond donors (Lipinski definition) is 1. The molecule has 30 heavy (non-hydrogen) atoms. The largest absolute Gasteiger partial charge is 0.492 e. The van der Waals surface area contributed by atoms with Crippen LogP contribution in [0, 0.1) is 13.8 Å². The number of amides is 1. The topological polar surface area (TPSA) is 84.9 Å². The van der Waals surface area contributed by atoms with Crippen LogP contribution in [0.1, 0.15) is 18.1 Å². The van der Waals surface area contributed by atoms with Gasteiger partial charge in [0.15, 0.2) is 0 Å². The number of sulfonamides is 1. The van der Waals surface area contributed by atoms with Crippen LogP contribution in [0.5, 0.6) is 5.75 Å². The van der Waals surface area contributed by atoms with Crippen LogP contribution in [0.2, 0.25) is 0 Å². The maximum absolute atomic E-state index is 13.4. The third-order valence-corrected chi connectivity index (χ3v) is 6.93. The van der Waals surface area contributed by atoms with E-state index in [0.717, 1.165) is 15.4 Å². The molecule has 0 fully saturated rings. The maximum Gasteiger partial charge on any atom is 0.247 e. The van der Waals surface area contributed by atoms with Gasteiger partial charge in [-0.25, -0.2) is 8.42 Å². The molecule has 2 rings (SSSR count). The second-order valence-electron chi connectivity index (χ2n) is 6.65. The lowest BCUT2D eigenvalue weighted by Crippen LogP contribution is -2.40. The van der Waals surface area contributed by atoms with Gasteiger partial charge in [0.25, 0.3) is 0 Å². The number of benzene rings is 2. The molecule has 0 heterocycles. The van der Waals surface area contributed by atoms with Gasteiger partial charge in [-0.2, -0.15) is 4.31 Å². The molecule has 0 aliphatic heterocycles. The molecule has 0 saturated heterocycles. The van der Waals surface area contributed by atoms with Crippen molar-refractivity contribution >= 4 is 37.5 Å². The Morgan fingerprint density at radius 2 is 1.93 bits per heavy atom. The Hall–Kier alpha value is -1.94. The van der Waals surface area contributed by atoms with Crippen molar-refractivity contribution in [3.8, 4) is 5.75 Å². The van der Waals surface area contributed by atoms with E-state index in [9.17, 15) is 13.2 Å². The average Bonchev–Trinajstić information content (AvgIpc) is 2.70. The molecule has 0 aromatic heterocycles.